The molecule has 0 radical (unpaired) electrons. The molecule has 0 unspecified atom stereocenters. The normalized spacial score (nSPS) is 10.4. The molecule has 0 fully saturated rings. The SMILES string of the molecule is CSCCCNC(=O)Nc1ccc(F)c(NC(=O)C(C)C)c1. The van der Waals surface area contributed by atoms with Crippen molar-refractivity contribution in [2.45, 2.75) is 20.3 Å². The fraction of sp³-hybridized carbons (Fsp3) is 0.467. The first-order valence-corrected chi connectivity index (χ1v) is 8.47. The first kappa shape index (κ1) is 18.3. The van der Waals surface area contributed by atoms with Crippen LogP contribution in [0.3, 0.4) is 0 Å². The Bertz CT molecular complexity index is 524. The van der Waals surface area contributed by atoms with Gasteiger partial charge in [0.15, 0.2) is 0 Å². The lowest BCUT2D eigenvalue weighted by Gasteiger charge is -2.12. The van der Waals surface area contributed by atoms with Crippen LogP contribution in [-0.4, -0.2) is 30.5 Å². The molecule has 0 aliphatic heterocycles. The number of urea groups is 1. The Balaban J connectivity index is 2.61. The van der Waals surface area contributed by atoms with E-state index in [0.717, 1.165) is 12.2 Å². The zero-order valence-electron chi connectivity index (χ0n) is 13.0. The number of hydrogen-bond acceptors (Lipinski definition) is 3. The summed E-state index contributed by atoms with van der Waals surface area (Å²) in [5.74, 6) is -0.101. The van der Waals surface area contributed by atoms with Gasteiger partial charge < -0.3 is 16.0 Å². The topological polar surface area (TPSA) is 70.2 Å². The predicted octanol–water partition coefficient (Wildman–Crippen LogP) is 3.29. The van der Waals surface area contributed by atoms with Crippen molar-refractivity contribution in [3.63, 3.8) is 0 Å². The number of nitrogens with one attached hydrogen (secondary N) is 3. The molecule has 22 heavy (non-hydrogen) atoms. The molecule has 0 atom stereocenters. The molecule has 0 aliphatic carbocycles. The Morgan fingerprint density at radius 1 is 1.27 bits per heavy atom. The summed E-state index contributed by atoms with van der Waals surface area (Å²) in [6.45, 7) is 4.01. The molecular formula is C15H22FN3O2S. The van der Waals surface area contributed by atoms with Gasteiger partial charge in [-0.05, 0) is 36.6 Å². The summed E-state index contributed by atoms with van der Waals surface area (Å²) in [6.07, 6.45) is 2.89. The lowest BCUT2D eigenvalue weighted by atomic mass is 10.2. The van der Waals surface area contributed by atoms with E-state index in [-0.39, 0.29) is 23.5 Å². The molecule has 0 aliphatic rings. The van der Waals surface area contributed by atoms with Gasteiger partial charge in [-0.1, -0.05) is 13.8 Å². The van der Waals surface area contributed by atoms with Crippen LogP contribution in [0.4, 0.5) is 20.6 Å². The Hall–Kier alpha value is -1.76. The molecule has 7 heteroatoms. The van der Waals surface area contributed by atoms with Crippen molar-refractivity contribution < 1.29 is 14.0 Å². The number of hydrogen-bond donors (Lipinski definition) is 3. The van der Waals surface area contributed by atoms with Crippen LogP contribution < -0.4 is 16.0 Å². The molecular weight excluding hydrogens is 305 g/mol. The van der Waals surface area contributed by atoms with Crippen LogP contribution in [0.25, 0.3) is 0 Å². The second-order valence-electron chi connectivity index (χ2n) is 5.07. The molecule has 3 amide bonds. The molecule has 5 nitrogen and oxygen atoms in total. The average molecular weight is 327 g/mol. The van der Waals surface area contributed by atoms with Gasteiger partial charge in [0.25, 0.3) is 0 Å². The van der Waals surface area contributed by atoms with Crippen LogP contribution in [0.1, 0.15) is 20.3 Å². The second kappa shape index (κ2) is 9.30. The lowest BCUT2D eigenvalue weighted by molar-refractivity contribution is -0.118. The largest absolute Gasteiger partial charge is 0.338 e. The molecule has 0 heterocycles. The molecule has 0 aromatic heterocycles. The van der Waals surface area contributed by atoms with Gasteiger partial charge >= 0.3 is 6.03 Å². The van der Waals surface area contributed by atoms with Crippen molar-refractivity contribution in [1.82, 2.24) is 5.32 Å². The summed E-state index contributed by atoms with van der Waals surface area (Å²) in [4.78, 5) is 23.3. The molecule has 0 spiro atoms. The number of amides is 3. The van der Waals surface area contributed by atoms with Crippen LogP contribution in [0.15, 0.2) is 18.2 Å². The molecule has 122 valence electrons. The summed E-state index contributed by atoms with van der Waals surface area (Å²) in [7, 11) is 0. The summed E-state index contributed by atoms with van der Waals surface area (Å²) >= 11 is 1.72. The average Bonchev–Trinajstić information content (AvgIpc) is 2.47. The number of carbonyl (C=O) groups is 2. The number of carbonyl (C=O) groups excluding carboxylic acids is 2. The van der Waals surface area contributed by atoms with E-state index in [0.29, 0.717) is 12.2 Å². The van der Waals surface area contributed by atoms with Crippen molar-refractivity contribution in [2.24, 2.45) is 5.92 Å². The summed E-state index contributed by atoms with van der Waals surface area (Å²) in [6, 6.07) is 3.70. The van der Waals surface area contributed by atoms with E-state index in [1.54, 1.807) is 25.6 Å². The van der Waals surface area contributed by atoms with Crippen LogP contribution in [0.2, 0.25) is 0 Å². The first-order chi connectivity index (χ1) is 10.4. The van der Waals surface area contributed by atoms with Gasteiger partial charge in [0, 0.05) is 18.2 Å². The number of anilines is 2. The summed E-state index contributed by atoms with van der Waals surface area (Å²) < 4.78 is 13.7. The minimum atomic E-state index is -0.542. The van der Waals surface area contributed by atoms with E-state index in [9.17, 15) is 14.0 Å². The molecule has 0 saturated heterocycles. The zero-order valence-corrected chi connectivity index (χ0v) is 13.8. The third-order valence-corrected chi connectivity index (χ3v) is 3.51. The van der Waals surface area contributed by atoms with E-state index >= 15 is 0 Å². The van der Waals surface area contributed by atoms with E-state index in [1.165, 1.54) is 18.2 Å². The number of thioether (sulfide) groups is 1. The zero-order chi connectivity index (χ0) is 16.5. The van der Waals surface area contributed by atoms with E-state index in [1.807, 2.05) is 6.26 Å². The van der Waals surface area contributed by atoms with Gasteiger partial charge in [-0.2, -0.15) is 11.8 Å². The van der Waals surface area contributed by atoms with E-state index in [2.05, 4.69) is 16.0 Å². The number of benzene rings is 1. The molecule has 1 rings (SSSR count). The van der Waals surface area contributed by atoms with Crippen molar-refractivity contribution in [3.05, 3.63) is 24.0 Å². The van der Waals surface area contributed by atoms with E-state index in [4.69, 9.17) is 0 Å². The van der Waals surface area contributed by atoms with Gasteiger partial charge in [0.1, 0.15) is 5.82 Å². The molecule has 1 aromatic carbocycles. The van der Waals surface area contributed by atoms with Crippen LogP contribution in [-0.2, 0) is 4.79 Å². The minimum Gasteiger partial charge on any atom is -0.338 e. The molecule has 3 N–H and O–H groups in total. The van der Waals surface area contributed by atoms with Gasteiger partial charge in [-0.3, -0.25) is 4.79 Å². The molecule has 1 aromatic rings. The highest BCUT2D eigenvalue weighted by Crippen LogP contribution is 2.20. The van der Waals surface area contributed by atoms with Crippen molar-refractivity contribution in [1.29, 1.82) is 0 Å². The highest BCUT2D eigenvalue weighted by molar-refractivity contribution is 7.98. The highest BCUT2D eigenvalue weighted by Gasteiger charge is 2.11. The van der Waals surface area contributed by atoms with Gasteiger partial charge in [0.05, 0.1) is 5.69 Å². The first-order valence-electron chi connectivity index (χ1n) is 7.08. The maximum Gasteiger partial charge on any atom is 0.319 e. The quantitative estimate of drug-likeness (QED) is 0.673. The third-order valence-electron chi connectivity index (χ3n) is 2.82. The van der Waals surface area contributed by atoms with Crippen LogP contribution in [0, 0.1) is 11.7 Å². The maximum atomic E-state index is 13.7. The Labute approximate surface area is 134 Å². The molecule has 0 saturated carbocycles. The predicted molar refractivity (Wildman–Crippen MR) is 89.9 cm³/mol. The van der Waals surface area contributed by atoms with E-state index < -0.39 is 5.82 Å². The highest BCUT2D eigenvalue weighted by atomic mass is 32.2. The number of rotatable bonds is 7. The number of halogens is 1. The Kier molecular flexibility index (Phi) is 7.73. The molecule has 0 bridgehead atoms. The van der Waals surface area contributed by atoms with Gasteiger partial charge in [-0.15, -0.1) is 0 Å². The monoisotopic (exact) mass is 327 g/mol. The lowest BCUT2D eigenvalue weighted by Crippen LogP contribution is -2.29. The van der Waals surface area contributed by atoms with Crippen LogP contribution >= 0.6 is 11.8 Å². The third kappa shape index (κ3) is 6.34. The summed E-state index contributed by atoms with van der Waals surface area (Å²) in [5, 5.41) is 7.82. The maximum absolute atomic E-state index is 13.7. The van der Waals surface area contributed by atoms with Gasteiger partial charge in [0.2, 0.25) is 5.91 Å². The Morgan fingerprint density at radius 2 is 2.00 bits per heavy atom. The van der Waals surface area contributed by atoms with Gasteiger partial charge in [-0.25, -0.2) is 9.18 Å². The fourth-order valence-electron chi connectivity index (χ4n) is 1.57. The van der Waals surface area contributed by atoms with Crippen molar-refractivity contribution in [2.75, 3.05) is 29.2 Å². The second-order valence-corrected chi connectivity index (χ2v) is 6.05. The van der Waals surface area contributed by atoms with Crippen molar-refractivity contribution >= 4 is 35.1 Å². The standard InChI is InChI=1S/C15H22FN3O2S/c1-10(2)14(20)19-13-9-11(5-6-12(13)16)18-15(21)17-7-4-8-22-3/h5-6,9-10H,4,7-8H2,1-3H3,(H,19,20)(H2,17,18,21). The smallest absolute Gasteiger partial charge is 0.319 e. The fourth-order valence-corrected chi connectivity index (χ4v) is 2.00. The summed E-state index contributed by atoms with van der Waals surface area (Å²) in [5.41, 5.74) is 0.474. The van der Waals surface area contributed by atoms with Crippen molar-refractivity contribution in [3.8, 4) is 0 Å². The Morgan fingerprint density at radius 3 is 2.64 bits per heavy atom. The van der Waals surface area contributed by atoms with Crippen LogP contribution in [0.5, 0.6) is 0 Å². The minimum absolute atomic E-state index is 0.0545.